The molecule has 1 heterocycles. The van der Waals surface area contributed by atoms with Crippen molar-refractivity contribution in [1.29, 1.82) is 0 Å². The number of carbonyl (C=O) groups is 1. The highest BCUT2D eigenvalue weighted by molar-refractivity contribution is 9.10. The maximum absolute atomic E-state index is 12.1. The second kappa shape index (κ2) is 4.63. The molecule has 5 heteroatoms. The summed E-state index contributed by atoms with van der Waals surface area (Å²) in [7, 11) is 0. The average Bonchev–Trinajstić information content (AvgIpc) is 2.12. The van der Waals surface area contributed by atoms with Gasteiger partial charge in [-0.2, -0.15) is 0 Å². The van der Waals surface area contributed by atoms with E-state index in [4.69, 9.17) is 9.84 Å². The Morgan fingerprint density at radius 1 is 1.62 bits per heavy atom. The Balaban J connectivity index is 2.78. The lowest BCUT2D eigenvalue weighted by atomic mass is 10.0. The number of aliphatic hydroxyl groups excluding tert-OH is 1. The highest BCUT2D eigenvalue weighted by Gasteiger charge is 2.39. The summed E-state index contributed by atoms with van der Waals surface area (Å²) >= 11 is 3.36. The summed E-state index contributed by atoms with van der Waals surface area (Å²) in [6.45, 7) is 8.45. The maximum atomic E-state index is 12.1. The largest absolute Gasteiger partial charge is 0.394 e. The topological polar surface area (TPSA) is 49.8 Å². The quantitative estimate of drug-likeness (QED) is 0.778. The molecule has 1 aliphatic heterocycles. The zero-order valence-corrected chi connectivity index (χ0v) is 11.9. The molecule has 0 aliphatic carbocycles. The van der Waals surface area contributed by atoms with Crippen molar-refractivity contribution in [3.05, 3.63) is 0 Å². The van der Waals surface area contributed by atoms with Crippen LogP contribution in [0.2, 0.25) is 0 Å². The number of ether oxygens (including phenoxy) is 1. The van der Waals surface area contributed by atoms with Crippen LogP contribution in [0.25, 0.3) is 0 Å². The van der Waals surface area contributed by atoms with Crippen molar-refractivity contribution >= 4 is 21.8 Å². The van der Waals surface area contributed by atoms with Crippen molar-refractivity contribution in [2.75, 3.05) is 19.7 Å². The first-order valence-electron chi connectivity index (χ1n) is 5.43. The first kappa shape index (κ1) is 13.9. The average molecular weight is 294 g/mol. The number of hydrogen-bond acceptors (Lipinski definition) is 3. The molecular weight excluding hydrogens is 274 g/mol. The molecule has 16 heavy (non-hydrogen) atoms. The van der Waals surface area contributed by atoms with Crippen LogP contribution in [0.15, 0.2) is 0 Å². The molecule has 0 aromatic rings. The van der Waals surface area contributed by atoms with Crippen LogP contribution in [0.1, 0.15) is 27.7 Å². The third kappa shape index (κ3) is 3.43. The van der Waals surface area contributed by atoms with Gasteiger partial charge in [0.15, 0.2) is 0 Å². The Morgan fingerprint density at radius 2 is 2.19 bits per heavy atom. The van der Waals surface area contributed by atoms with Crippen molar-refractivity contribution in [2.45, 2.75) is 43.7 Å². The van der Waals surface area contributed by atoms with Crippen LogP contribution in [0.5, 0.6) is 0 Å². The summed E-state index contributed by atoms with van der Waals surface area (Å²) in [5.41, 5.74) is -0.403. The summed E-state index contributed by atoms with van der Waals surface area (Å²) in [5, 5.41) is 9.15. The summed E-state index contributed by atoms with van der Waals surface area (Å²) in [6.07, 6.45) is -0.289. The van der Waals surface area contributed by atoms with Gasteiger partial charge in [-0.05, 0) is 27.7 Å². The Hall–Kier alpha value is -0.130. The van der Waals surface area contributed by atoms with E-state index >= 15 is 0 Å². The highest BCUT2D eigenvalue weighted by Crippen LogP contribution is 2.26. The third-order valence-electron chi connectivity index (χ3n) is 2.48. The zero-order valence-electron chi connectivity index (χ0n) is 10.3. The van der Waals surface area contributed by atoms with E-state index in [9.17, 15) is 4.79 Å². The molecule has 0 bridgehead atoms. The number of alkyl halides is 1. The van der Waals surface area contributed by atoms with Gasteiger partial charge in [-0.1, -0.05) is 15.9 Å². The van der Waals surface area contributed by atoms with Gasteiger partial charge in [-0.25, -0.2) is 0 Å². The van der Waals surface area contributed by atoms with Crippen LogP contribution in [-0.4, -0.2) is 51.6 Å². The van der Waals surface area contributed by atoms with E-state index in [2.05, 4.69) is 15.9 Å². The molecule has 1 fully saturated rings. The zero-order chi connectivity index (χ0) is 12.6. The highest BCUT2D eigenvalue weighted by atomic mass is 79.9. The number of halogens is 1. The molecular formula is C11H20BrNO3. The number of amides is 1. The number of morpholine rings is 1. The molecule has 1 atom stereocenters. The maximum Gasteiger partial charge on any atom is 0.239 e. The van der Waals surface area contributed by atoms with Gasteiger partial charge >= 0.3 is 0 Å². The summed E-state index contributed by atoms with van der Waals surface area (Å²) in [4.78, 5) is 13.9. The first-order chi connectivity index (χ1) is 7.15. The fourth-order valence-electron chi connectivity index (χ4n) is 1.92. The van der Waals surface area contributed by atoms with Crippen LogP contribution in [0.3, 0.4) is 0 Å². The summed E-state index contributed by atoms with van der Waals surface area (Å²) < 4.78 is 5.09. The van der Waals surface area contributed by atoms with Crippen LogP contribution in [0.4, 0.5) is 0 Å². The molecule has 0 spiro atoms. The van der Waals surface area contributed by atoms with Gasteiger partial charge in [0, 0.05) is 13.1 Å². The summed E-state index contributed by atoms with van der Waals surface area (Å²) in [5.74, 6) is 0.0299. The third-order valence-corrected chi connectivity index (χ3v) is 2.82. The molecule has 4 nitrogen and oxygen atoms in total. The van der Waals surface area contributed by atoms with Crippen molar-refractivity contribution in [3.8, 4) is 0 Å². The van der Waals surface area contributed by atoms with Gasteiger partial charge in [0.05, 0.1) is 22.6 Å². The molecule has 1 N–H and O–H groups in total. The van der Waals surface area contributed by atoms with E-state index in [-0.39, 0.29) is 18.6 Å². The van der Waals surface area contributed by atoms with E-state index in [1.165, 1.54) is 0 Å². The van der Waals surface area contributed by atoms with Crippen molar-refractivity contribution in [1.82, 2.24) is 4.90 Å². The Labute approximate surface area is 105 Å². The minimum atomic E-state index is -0.569. The van der Waals surface area contributed by atoms with Gasteiger partial charge in [-0.3, -0.25) is 4.79 Å². The molecule has 94 valence electrons. The second-order valence-electron chi connectivity index (χ2n) is 5.34. The molecule has 0 aromatic heterocycles. The molecule has 1 rings (SSSR count). The van der Waals surface area contributed by atoms with Crippen molar-refractivity contribution < 1.29 is 14.6 Å². The molecule has 1 amide bonds. The van der Waals surface area contributed by atoms with Crippen molar-refractivity contribution in [3.63, 3.8) is 0 Å². The van der Waals surface area contributed by atoms with Crippen LogP contribution >= 0.6 is 15.9 Å². The fraction of sp³-hybridized carbons (Fsp3) is 0.909. The van der Waals surface area contributed by atoms with Gasteiger partial charge in [0.1, 0.15) is 0 Å². The molecule has 1 unspecified atom stereocenters. The monoisotopic (exact) mass is 293 g/mol. The molecule has 1 aliphatic rings. The standard InChI is InChI=1S/C11H20BrNO3/c1-10(2)7-13(5-8(6-14)16-10)9(15)11(3,4)12/h8,14H,5-7H2,1-4H3. The molecule has 1 saturated heterocycles. The van der Waals surface area contributed by atoms with E-state index in [1.54, 1.807) is 4.90 Å². The smallest absolute Gasteiger partial charge is 0.239 e. The Morgan fingerprint density at radius 3 is 2.62 bits per heavy atom. The molecule has 0 aromatic carbocycles. The number of carbonyl (C=O) groups excluding carboxylic acids is 1. The number of hydrogen-bond donors (Lipinski definition) is 1. The van der Waals surface area contributed by atoms with Gasteiger partial charge < -0.3 is 14.7 Å². The number of nitrogens with zero attached hydrogens (tertiary/aromatic N) is 1. The lowest BCUT2D eigenvalue weighted by molar-refractivity contribution is -0.167. The fourth-order valence-corrected chi connectivity index (χ4v) is 2.17. The van der Waals surface area contributed by atoms with E-state index in [0.717, 1.165) is 0 Å². The normalized spacial score (nSPS) is 25.6. The van der Waals surface area contributed by atoms with Crippen LogP contribution in [0, 0.1) is 0 Å². The minimum Gasteiger partial charge on any atom is -0.394 e. The SMILES string of the molecule is CC1(C)CN(C(=O)C(C)(C)Br)CC(CO)O1. The first-order valence-corrected chi connectivity index (χ1v) is 6.22. The van der Waals surface area contributed by atoms with Crippen LogP contribution in [-0.2, 0) is 9.53 Å². The van der Waals surface area contributed by atoms with Gasteiger partial charge in [-0.15, -0.1) is 0 Å². The molecule has 0 radical (unpaired) electrons. The summed E-state index contributed by atoms with van der Waals surface area (Å²) in [6, 6.07) is 0. The van der Waals surface area contributed by atoms with Crippen molar-refractivity contribution in [2.24, 2.45) is 0 Å². The molecule has 0 saturated carbocycles. The predicted octanol–water partition coefficient (Wildman–Crippen LogP) is 1.16. The van der Waals surface area contributed by atoms with E-state index in [1.807, 2.05) is 27.7 Å². The van der Waals surface area contributed by atoms with Gasteiger partial charge in [0.2, 0.25) is 5.91 Å². The van der Waals surface area contributed by atoms with E-state index < -0.39 is 9.93 Å². The second-order valence-corrected chi connectivity index (χ2v) is 7.32. The lowest BCUT2D eigenvalue weighted by Gasteiger charge is -2.43. The lowest BCUT2D eigenvalue weighted by Crippen LogP contribution is -2.58. The predicted molar refractivity (Wildman–Crippen MR) is 65.6 cm³/mol. The number of aliphatic hydroxyl groups is 1. The van der Waals surface area contributed by atoms with Gasteiger partial charge in [0.25, 0.3) is 0 Å². The van der Waals surface area contributed by atoms with Crippen LogP contribution < -0.4 is 0 Å². The Bertz CT molecular complexity index is 273. The Kier molecular flexibility index (Phi) is 4.03. The number of rotatable bonds is 2. The minimum absolute atomic E-state index is 0.0299. The van der Waals surface area contributed by atoms with E-state index in [0.29, 0.717) is 13.1 Å².